The normalized spacial score (nSPS) is 7.80. The van der Waals surface area contributed by atoms with E-state index >= 15 is 0 Å². The number of phosphoric acid groups is 1. The van der Waals surface area contributed by atoms with Crippen LogP contribution in [0.1, 0.15) is 0 Å². The number of hydrogen-bond acceptors (Lipinski definition) is 8. The van der Waals surface area contributed by atoms with Gasteiger partial charge in [0.15, 0.2) is 0 Å². The molecular formula is H8K3N2O8PS. The molecule has 0 aliphatic heterocycles. The summed E-state index contributed by atoms with van der Waals surface area (Å²) in [7, 11) is -10.1. The molecule has 8 N–H and O–H groups in total. The topological polar surface area (TPSA) is 231 Å². The average molecular weight is 344 g/mol. The molecule has 0 aliphatic rings. The van der Waals surface area contributed by atoms with Gasteiger partial charge in [0.2, 0.25) is 0 Å². The Balaban J connectivity index is -0.0000000128. The summed E-state index contributed by atoms with van der Waals surface area (Å²) in [5.41, 5.74) is 0. The van der Waals surface area contributed by atoms with E-state index in [9.17, 15) is 0 Å². The van der Waals surface area contributed by atoms with Crippen molar-refractivity contribution in [3.05, 3.63) is 0 Å². The quantitative estimate of drug-likeness (QED) is 0.140. The van der Waals surface area contributed by atoms with E-state index < -0.39 is 18.2 Å². The van der Waals surface area contributed by atoms with Crippen molar-refractivity contribution in [3.63, 3.8) is 0 Å². The van der Waals surface area contributed by atoms with Crippen LogP contribution in [0.4, 0.5) is 0 Å². The largest absolute Gasteiger partial charge is 1.00 e. The first kappa shape index (κ1) is 42.7. The smallest absolute Gasteiger partial charge is 0.759 e. The van der Waals surface area contributed by atoms with Crippen molar-refractivity contribution in [3.8, 4) is 0 Å². The third-order valence-electron chi connectivity index (χ3n) is 0. The number of rotatable bonds is 0. The molecule has 0 radical (unpaired) electrons. The van der Waals surface area contributed by atoms with Crippen LogP contribution < -0.4 is 171 Å². The first-order valence-corrected chi connectivity index (χ1v) is 4.30. The molecule has 0 aromatic carbocycles. The van der Waals surface area contributed by atoms with E-state index in [0.717, 1.165) is 0 Å². The third kappa shape index (κ3) is 230. The van der Waals surface area contributed by atoms with Crippen LogP contribution in [-0.4, -0.2) is 27.3 Å². The summed E-state index contributed by atoms with van der Waals surface area (Å²) in [6.07, 6.45) is 0. The molecule has 0 rings (SSSR count). The van der Waals surface area contributed by atoms with Crippen molar-refractivity contribution in [2.45, 2.75) is 0 Å². The van der Waals surface area contributed by atoms with E-state index in [0.29, 0.717) is 0 Å². The molecule has 0 saturated heterocycles. The Labute approximate surface area is 215 Å². The predicted molar refractivity (Wildman–Crippen MR) is 32.6 cm³/mol. The van der Waals surface area contributed by atoms with Gasteiger partial charge in [-0.2, -0.15) is 0 Å². The van der Waals surface area contributed by atoms with Crippen LogP contribution >= 0.6 is 7.82 Å². The van der Waals surface area contributed by atoms with Gasteiger partial charge in [-0.05, 0) is 0 Å². The van der Waals surface area contributed by atoms with Gasteiger partial charge in [-0.25, -0.2) is 0 Å². The van der Waals surface area contributed by atoms with Gasteiger partial charge in [0.25, 0.3) is 7.82 Å². The molecular weight excluding hydrogens is 336 g/mol. The van der Waals surface area contributed by atoms with Crippen molar-refractivity contribution >= 4 is 18.2 Å². The second kappa shape index (κ2) is 21.1. The SMILES string of the molecule is N.N.O=P([O-])(O)O.O=S(=O)([O-])[O-].[K+].[K+].[K+]. The Kier molecular flexibility index (Phi) is 60.1. The van der Waals surface area contributed by atoms with Crippen molar-refractivity contribution in [2.24, 2.45) is 0 Å². The van der Waals surface area contributed by atoms with Crippen LogP contribution in [0.2, 0.25) is 0 Å². The standard InChI is InChI=1S/3K.2H3N.H3O4P.H2O4S/c;;;;;2*1-5(2,3)4/h;;;2*1H3;(H3,1,2,3,4);(H2,1,2,3,4)/q3*+1;;;;/p-3. The first-order chi connectivity index (χ1) is 4.00. The maximum absolute atomic E-state index is 8.77. The van der Waals surface area contributed by atoms with Gasteiger partial charge in [-0.1, -0.05) is 0 Å². The Morgan fingerprint density at radius 3 is 0.933 bits per heavy atom. The Morgan fingerprint density at radius 2 is 0.933 bits per heavy atom. The molecule has 15 heavy (non-hydrogen) atoms. The van der Waals surface area contributed by atoms with Crippen molar-refractivity contribution in [1.82, 2.24) is 12.3 Å². The zero-order chi connectivity index (χ0) is 9.00. The zero-order valence-corrected chi connectivity index (χ0v) is 19.7. The summed E-state index contributed by atoms with van der Waals surface area (Å²) in [5.74, 6) is 0. The molecule has 0 aromatic heterocycles. The van der Waals surface area contributed by atoms with E-state index in [2.05, 4.69) is 0 Å². The molecule has 0 aromatic rings. The molecule has 0 amide bonds. The molecule has 0 fully saturated rings. The number of hydrogen-bond donors (Lipinski definition) is 4. The minimum absolute atomic E-state index is 0. The van der Waals surface area contributed by atoms with Crippen LogP contribution in [0.3, 0.4) is 0 Å². The van der Waals surface area contributed by atoms with E-state index in [1.54, 1.807) is 0 Å². The van der Waals surface area contributed by atoms with Gasteiger partial charge in [0, 0.05) is 10.4 Å². The van der Waals surface area contributed by atoms with E-state index in [1.807, 2.05) is 0 Å². The Bertz CT molecular complexity index is 206. The molecule has 10 nitrogen and oxygen atoms in total. The molecule has 0 bridgehead atoms. The summed E-state index contributed by atoms with van der Waals surface area (Å²) < 4.78 is 42.9. The van der Waals surface area contributed by atoms with Crippen LogP contribution in [-0.2, 0) is 15.0 Å². The van der Waals surface area contributed by atoms with Crippen LogP contribution in [0, 0.1) is 0 Å². The Hall–Kier alpha value is 4.81. The second-order valence-corrected chi connectivity index (χ2v) is 2.70. The summed E-state index contributed by atoms with van der Waals surface area (Å²) in [5, 5.41) is 0. The van der Waals surface area contributed by atoms with Gasteiger partial charge >= 0.3 is 154 Å². The fourth-order valence-corrected chi connectivity index (χ4v) is 0. The van der Waals surface area contributed by atoms with Gasteiger partial charge in [-0.15, -0.1) is 0 Å². The van der Waals surface area contributed by atoms with E-state index in [1.165, 1.54) is 0 Å². The van der Waals surface area contributed by atoms with Crippen molar-refractivity contribution in [1.29, 1.82) is 0 Å². The molecule has 15 heteroatoms. The third-order valence-corrected chi connectivity index (χ3v) is 0. The summed E-state index contributed by atoms with van der Waals surface area (Å²) in [6, 6.07) is 0. The fraction of sp³-hybridized carbons (Fsp3) is 0. The Morgan fingerprint density at radius 1 is 0.933 bits per heavy atom. The summed E-state index contributed by atoms with van der Waals surface area (Å²) >= 11 is 0. The van der Waals surface area contributed by atoms with Crippen LogP contribution in [0.15, 0.2) is 0 Å². The molecule has 0 spiro atoms. The molecule has 0 atom stereocenters. The maximum atomic E-state index is 8.77. The van der Waals surface area contributed by atoms with Gasteiger partial charge in [-0.3, -0.25) is 13.0 Å². The fourth-order valence-electron chi connectivity index (χ4n) is 0. The minimum Gasteiger partial charge on any atom is -0.759 e. The van der Waals surface area contributed by atoms with Crippen molar-refractivity contribution in [2.75, 3.05) is 0 Å². The minimum atomic E-state index is -5.17. The van der Waals surface area contributed by atoms with Crippen LogP contribution in [0.25, 0.3) is 0 Å². The van der Waals surface area contributed by atoms with E-state index in [4.69, 9.17) is 36.8 Å². The van der Waals surface area contributed by atoms with Crippen molar-refractivity contribution < 1.29 is 191 Å². The monoisotopic (exact) mass is 344 g/mol. The molecule has 0 aliphatic carbocycles. The maximum Gasteiger partial charge on any atom is 1.00 e. The second-order valence-electron chi connectivity index (χ2n) is 0.899. The molecule has 0 unspecified atom stereocenters. The summed E-state index contributed by atoms with van der Waals surface area (Å²) in [4.78, 5) is 22.9. The first-order valence-electron chi connectivity index (χ1n) is 1.43. The van der Waals surface area contributed by atoms with Gasteiger partial charge < -0.3 is 36.1 Å². The van der Waals surface area contributed by atoms with Crippen LogP contribution in [0.5, 0.6) is 0 Å². The van der Waals surface area contributed by atoms with E-state index in [-0.39, 0.29) is 166 Å². The zero-order valence-electron chi connectivity index (χ0n) is 8.61. The average Bonchev–Trinajstić information content (AvgIpc) is 1.12. The predicted octanol–water partition coefficient (Wildman–Crippen LogP) is -11.6. The molecule has 80 valence electrons. The summed E-state index contributed by atoms with van der Waals surface area (Å²) in [6.45, 7) is 0. The van der Waals surface area contributed by atoms with Gasteiger partial charge in [0.05, 0.1) is 0 Å². The van der Waals surface area contributed by atoms with Gasteiger partial charge in [0.1, 0.15) is 0 Å². The molecule has 0 saturated carbocycles. The molecule has 0 heterocycles.